The molecule has 1 aromatic rings. The van der Waals surface area contributed by atoms with Crippen LogP contribution in [0.4, 0.5) is 0 Å². The average molecular weight is 518 g/mol. The molecule has 0 spiro atoms. The number of aliphatic hydroxyl groups excluding tert-OH is 3. The van der Waals surface area contributed by atoms with E-state index in [1.54, 1.807) is 23.9 Å². The van der Waals surface area contributed by atoms with Crippen LogP contribution in [0.25, 0.3) is 5.76 Å². The maximum Gasteiger partial charge on any atom is 0.255 e. The summed E-state index contributed by atoms with van der Waals surface area (Å²) in [5.41, 5.74) is 1.70. The molecule has 4 rings (SSSR count). The Kier molecular flexibility index (Phi) is 7.23. The number of rotatable bonds is 8. The predicted octanol–water partition coefficient (Wildman–Crippen LogP) is 2.25. The number of aliphatic hydroxyl groups is 4. The van der Waals surface area contributed by atoms with E-state index in [-0.39, 0.29) is 16.9 Å². The maximum absolute atomic E-state index is 13.7. The van der Waals surface area contributed by atoms with Gasteiger partial charge in [0.1, 0.15) is 22.8 Å². The number of thioether (sulfide) groups is 1. The monoisotopic (exact) mass is 517 g/mol. The van der Waals surface area contributed by atoms with Crippen molar-refractivity contribution in [2.45, 2.75) is 56.7 Å². The number of nitrogens with two attached hydrogens (primary N) is 1. The van der Waals surface area contributed by atoms with Crippen molar-refractivity contribution in [2.75, 3.05) is 11.5 Å². The summed E-state index contributed by atoms with van der Waals surface area (Å²) in [7, 11) is 0. The molecule has 10 heteroatoms. The molecule has 0 aromatic heterocycles. The minimum absolute atomic E-state index is 0.0217. The van der Waals surface area contributed by atoms with Gasteiger partial charge in [-0.3, -0.25) is 14.4 Å². The Morgan fingerprint density at radius 3 is 2.56 bits per heavy atom. The van der Waals surface area contributed by atoms with E-state index in [1.165, 1.54) is 6.07 Å². The molecule has 0 saturated heterocycles. The third kappa shape index (κ3) is 3.91. The van der Waals surface area contributed by atoms with Crippen molar-refractivity contribution in [1.29, 1.82) is 0 Å². The van der Waals surface area contributed by atoms with Crippen LogP contribution in [0.2, 0.25) is 0 Å². The van der Waals surface area contributed by atoms with Gasteiger partial charge >= 0.3 is 0 Å². The number of benzene rings is 1. The maximum atomic E-state index is 13.7. The first-order chi connectivity index (χ1) is 17.1. The lowest BCUT2D eigenvalue weighted by Crippen LogP contribution is -2.64. The molecule has 1 amide bonds. The number of carbonyl (C=O) groups excluding carboxylic acids is 3. The standard InChI is InChI=1S/C26H31NO8S/c1-2-3-4-5-9-36-11-13-12-7-6-8-15(28)17(12)22(31)20-18(13)21(30)14-10-16(29)19(25(27)34)23(32)26(14,35)24(20)33/h6-8,13-14,18,21,28,30-32,35H,2-5,9-11H2,1H3,(H2,27,34)/t13-,14+,18+,21+,26+/m0/s1. The highest BCUT2D eigenvalue weighted by Crippen LogP contribution is 2.56. The number of hydrogen-bond donors (Lipinski definition) is 6. The van der Waals surface area contributed by atoms with Gasteiger partial charge in [0, 0.05) is 35.5 Å². The Hall–Kier alpha value is -2.82. The van der Waals surface area contributed by atoms with Gasteiger partial charge in [0.05, 0.1) is 11.7 Å². The minimum atomic E-state index is -2.82. The van der Waals surface area contributed by atoms with Gasteiger partial charge in [-0.15, -0.1) is 0 Å². The molecule has 5 atom stereocenters. The number of Topliss-reactive ketones (excluding diaryl/α,β-unsaturated/α-hetero) is 2. The van der Waals surface area contributed by atoms with Crippen molar-refractivity contribution in [3.8, 4) is 5.75 Å². The Labute approximate surface area is 212 Å². The molecule has 1 saturated carbocycles. The predicted molar refractivity (Wildman–Crippen MR) is 133 cm³/mol. The van der Waals surface area contributed by atoms with Crippen molar-refractivity contribution < 1.29 is 39.9 Å². The summed E-state index contributed by atoms with van der Waals surface area (Å²) in [5, 5.41) is 55.3. The summed E-state index contributed by atoms with van der Waals surface area (Å²) in [5.74, 6) is -7.12. The van der Waals surface area contributed by atoms with Crippen molar-refractivity contribution in [3.63, 3.8) is 0 Å². The van der Waals surface area contributed by atoms with Gasteiger partial charge in [0.15, 0.2) is 11.4 Å². The number of carbonyl (C=O) groups is 3. The normalized spacial score (nSPS) is 29.6. The summed E-state index contributed by atoms with van der Waals surface area (Å²) < 4.78 is 0. The molecular weight excluding hydrogens is 486 g/mol. The quantitative estimate of drug-likeness (QED) is 0.223. The van der Waals surface area contributed by atoms with Gasteiger partial charge in [-0.05, 0) is 23.8 Å². The van der Waals surface area contributed by atoms with Crippen LogP contribution < -0.4 is 5.73 Å². The summed E-state index contributed by atoms with van der Waals surface area (Å²) in [6, 6.07) is 4.67. The van der Waals surface area contributed by atoms with E-state index in [4.69, 9.17) is 5.73 Å². The Morgan fingerprint density at radius 2 is 1.89 bits per heavy atom. The molecule has 194 valence electrons. The molecule has 36 heavy (non-hydrogen) atoms. The molecule has 1 fully saturated rings. The summed E-state index contributed by atoms with van der Waals surface area (Å²) in [4.78, 5) is 38.1. The molecule has 3 aliphatic rings. The van der Waals surface area contributed by atoms with Gasteiger partial charge in [-0.1, -0.05) is 38.3 Å². The lowest BCUT2D eigenvalue weighted by atomic mass is 9.55. The van der Waals surface area contributed by atoms with Crippen LogP contribution in [0, 0.1) is 11.8 Å². The lowest BCUT2D eigenvalue weighted by molar-refractivity contribution is -0.160. The number of amides is 1. The molecule has 0 aliphatic heterocycles. The molecule has 3 aliphatic carbocycles. The molecule has 0 unspecified atom stereocenters. The topological polar surface area (TPSA) is 178 Å². The Morgan fingerprint density at radius 1 is 1.17 bits per heavy atom. The summed E-state index contributed by atoms with van der Waals surface area (Å²) in [6.07, 6.45) is 2.18. The van der Waals surface area contributed by atoms with Gasteiger partial charge < -0.3 is 31.3 Å². The zero-order valence-corrected chi connectivity index (χ0v) is 20.8. The number of ketones is 2. The first-order valence-electron chi connectivity index (χ1n) is 12.1. The van der Waals surface area contributed by atoms with E-state index in [9.17, 15) is 39.9 Å². The van der Waals surface area contributed by atoms with Gasteiger partial charge in [0.25, 0.3) is 5.91 Å². The fourth-order valence-electron chi connectivity index (χ4n) is 5.82. The fourth-order valence-corrected chi connectivity index (χ4v) is 7.03. The van der Waals surface area contributed by atoms with Gasteiger partial charge in [-0.2, -0.15) is 11.8 Å². The molecule has 0 radical (unpaired) electrons. The molecule has 9 nitrogen and oxygen atoms in total. The highest BCUT2D eigenvalue weighted by Gasteiger charge is 2.65. The van der Waals surface area contributed by atoms with E-state index < -0.39 is 70.4 Å². The zero-order chi connectivity index (χ0) is 26.4. The van der Waals surface area contributed by atoms with Crippen LogP contribution in [-0.4, -0.2) is 66.2 Å². The molecule has 0 heterocycles. The highest BCUT2D eigenvalue weighted by molar-refractivity contribution is 7.99. The molecule has 7 N–H and O–H groups in total. The molecular formula is C26H31NO8S. The van der Waals surface area contributed by atoms with Crippen molar-refractivity contribution in [3.05, 3.63) is 46.2 Å². The van der Waals surface area contributed by atoms with Crippen LogP contribution in [0.3, 0.4) is 0 Å². The summed E-state index contributed by atoms with van der Waals surface area (Å²) >= 11 is 1.62. The first kappa shape index (κ1) is 26.2. The number of fused-ring (bicyclic) bond motifs is 3. The van der Waals surface area contributed by atoms with Crippen LogP contribution in [0.1, 0.15) is 56.1 Å². The zero-order valence-electron chi connectivity index (χ0n) is 19.9. The number of phenols is 1. The van der Waals surface area contributed by atoms with Gasteiger partial charge in [-0.25, -0.2) is 0 Å². The second-order valence-corrected chi connectivity index (χ2v) is 10.8. The van der Waals surface area contributed by atoms with E-state index in [0.717, 1.165) is 31.4 Å². The number of phenolic OH excluding ortho intramolecular Hbond substituents is 1. The second-order valence-electron chi connectivity index (χ2n) is 9.68. The van der Waals surface area contributed by atoms with Crippen LogP contribution >= 0.6 is 11.8 Å². The van der Waals surface area contributed by atoms with Crippen LogP contribution in [0.5, 0.6) is 5.75 Å². The minimum Gasteiger partial charge on any atom is -0.508 e. The van der Waals surface area contributed by atoms with E-state index >= 15 is 0 Å². The fraction of sp³-hybridized carbons (Fsp3) is 0.500. The largest absolute Gasteiger partial charge is 0.508 e. The van der Waals surface area contributed by atoms with Crippen molar-refractivity contribution >= 4 is 35.0 Å². The number of unbranched alkanes of at least 4 members (excludes halogenated alkanes) is 3. The Bertz CT molecular complexity index is 1170. The smallest absolute Gasteiger partial charge is 0.255 e. The SMILES string of the molecule is CCCCCCSC[C@H]1c2cccc(O)c2C(O)=C2C(=O)[C@]3(O)C(O)=C(C(N)=O)C(=O)C[C@@H]3[C@@H](O)[C@@H]21. The second kappa shape index (κ2) is 9.91. The first-order valence-corrected chi connectivity index (χ1v) is 13.3. The number of primary amides is 1. The van der Waals surface area contributed by atoms with Crippen molar-refractivity contribution in [1.82, 2.24) is 0 Å². The molecule has 0 bridgehead atoms. The third-order valence-electron chi connectivity index (χ3n) is 7.61. The Balaban J connectivity index is 1.82. The number of hydrogen-bond acceptors (Lipinski definition) is 9. The highest BCUT2D eigenvalue weighted by atomic mass is 32.2. The van der Waals surface area contributed by atoms with Crippen LogP contribution in [0.15, 0.2) is 35.1 Å². The number of aromatic hydroxyl groups is 1. The van der Waals surface area contributed by atoms with Gasteiger partial charge in [0.2, 0.25) is 5.78 Å². The van der Waals surface area contributed by atoms with Crippen LogP contribution in [-0.2, 0) is 14.4 Å². The van der Waals surface area contributed by atoms with Crippen molar-refractivity contribution in [2.24, 2.45) is 17.6 Å². The van der Waals surface area contributed by atoms with E-state index in [0.29, 0.717) is 11.3 Å². The summed E-state index contributed by atoms with van der Waals surface area (Å²) in [6.45, 7) is 2.12. The van der Waals surface area contributed by atoms with E-state index in [1.807, 2.05) is 0 Å². The van der Waals surface area contributed by atoms with E-state index in [2.05, 4.69) is 6.92 Å². The average Bonchev–Trinajstić information content (AvgIpc) is 2.82. The third-order valence-corrected chi connectivity index (χ3v) is 8.78. The molecule has 1 aromatic carbocycles. The lowest BCUT2D eigenvalue weighted by Gasteiger charge is -2.51.